The molecule has 1 heterocycles. The molecule has 2 N–H and O–H groups in total. The smallest absolute Gasteiger partial charge is 0.145 e. The lowest BCUT2D eigenvalue weighted by Gasteiger charge is -2.22. The molecule has 14 heavy (non-hydrogen) atoms. The van der Waals surface area contributed by atoms with Crippen LogP contribution in [0.1, 0.15) is 50.8 Å². The van der Waals surface area contributed by atoms with Crippen LogP contribution < -0.4 is 5.73 Å². The van der Waals surface area contributed by atoms with Crippen LogP contribution in [0.25, 0.3) is 0 Å². The molecule has 4 nitrogen and oxygen atoms in total. The van der Waals surface area contributed by atoms with E-state index < -0.39 is 0 Å². The van der Waals surface area contributed by atoms with Crippen molar-refractivity contribution in [1.29, 1.82) is 0 Å². The van der Waals surface area contributed by atoms with Crippen LogP contribution in [-0.4, -0.2) is 15.0 Å². The van der Waals surface area contributed by atoms with Crippen molar-refractivity contribution in [2.45, 2.75) is 51.5 Å². The fourth-order valence-electron chi connectivity index (χ4n) is 2.18. The summed E-state index contributed by atoms with van der Waals surface area (Å²) < 4.78 is 1.93. The van der Waals surface area contributed by atoms with E-state index in [4.69, 9.17) is 5.73 Å². The monoisotopic (exact) mass is 194 g/mol. The minimum Gasteiger partial charge on any atom is -0.382 e. The van der Waals surface area contributed by atoms with Crippen LogP contribution in [0, 0.1) is 0 Å². The molecule has 0 aliphatic heterocycles. The molecule has 0 saturated heterocycles. The number of rotatable bonds is 2. The molecule has 1 saturated carbocycles. The van der Waals surface area contributed by atoms with Crippen molar-refractivity contribution in [3.05, 3.63) is 5.69 Å². The predicted octanol–water partition coefficient (Wildman–Crippen LogP) is 1.93. The third kappa shape index (κ3) is 1.61. The van der Waals surface area contributed by atoms with Gasteiger partial charge in [-0.05, 0) is 19.3 Å². The van der Waals surface area contributed by atoms with Crippen LogP contribution >= 0.6 is 0 Å². The summed E-state index contributed by atoms with van der Waals surface area (Å²) in [7, 11) is 0. The second kappa shape index (κ2) is 3.98. The zero-order valence-corrected chi connectivity index (χ0v) is 8.74. The first-order valence-corrected chi connectivity index (χ1v) is 5.52. The lowest BCUT2D eigenvalue weighted by molar-refractivity contribution is 0.328. The summed E-state index contributed by atoms with van der Waals surface area (Å²) in [5, 5.41) is 8.25. The van der Waals surface area contributed by atoms with Gasteiger partial charge in [-0.2, -0.15) is 0 Å². The number of anilines is 1. The third-order valence-corrected chi connectivity index (χ3v) is 3.06. The lowest BCUT2D eigenvalue weighted by Crippen LogP contribution is -2.16. The summed E-state index contributed by atoms with van der Waals surface area (Å²) in [4.78, 5) is 0. The fraction of sp³-hybridized carbons (Fsp3) is 0.800. The molecular weight excluding hydrogens is 176 g/mol. The zero-order chi connectivity index (χ0) is 9.97. The Hall–Kier alpha value is -1.06. The molecule has 0 amide bonds. The van der Waals surface area contributed by atoms with Gasteiger partial charge in [0.25, 0.3) is 0 Å². The van der Waals surface area contributed by atoms with Crippen LogP contribution in [0.2, 0.25) is 0 Å². The van der Waals surface area contributed by atoms with Crippen LogP contribution in [0.15, 0.2) is 0 Å². The number of aromatic nitrogens is 3. The average Bonchev–Trinajstić information content (AvgIpc) is 2.61. The Morgan fingerprint density at radius 1 is 1.36 bits per heavy atom. The number of aryl methyl sites for hydroxylation is 1. The van der Waals surface area contributed by atoms with Gasteiger partial charge in [0.2, 0.25) is 0 Å². The van der Waals surface area contributed by atoms with E-state index in [9.17, 15) is 0 Å². The van der Waals surface area contributed by atoms with Gasteiger partial charge in [-0.1, -0.05) is 31.4 Å². The molecular formula is C10H18N4. The molecule has 1 fully saturated rings. The quantitative estimate of drug-likeness (QED) is 0.782. The molecule has 0 unspecified atom stereocenters. The fourth-order valence-corrected chi connectivity index (χ4v) is 2.18. The molecule has 0 spiro atoms. The number of nitrogens with zero attached hydrogens (tertiary/aromatic N) is 3. The number of hydrogen-bond donors (Lipinski definition) is 1. The molecule has 1 aliphatic carbocycles. The zero-order valence-electron chi connectivity index (χ0n) is 8.74. The lowest BCUT2D eigenvalue weighted by atomic mass is 9.96. The molecule has 78 valence electrons. The summed E-state index contributed by atoms with van der Waals surface area (Å²) in [5.74, 6) is 0.777. The summed E-state index contributed by atoms with van der Waals surface area (Å²) >= 11 is 0. The van der Waals surface area contributed by atoms with E-state index in [1.807, 2.05) is 4.68 Å². The molecule has 0 bridgehead atoms. The predicted molar refractivity (Wildman–Crippen MR) is 55.9 cm³/mol. The summed E-state index contributed by atoms with van der Waals surface area (Å²) in [6, 6.07) is 0.497. The normalized spacial score (nSPS) is 18.6. The van der Waals surface area contributed by atoms with E-state index in [2.05, 4.69) is 17.2 Å². The highest BCUT2D eigenvalue weighted by Crippen LogP contribution is 2.29. The van der Waals surface area contributed by atoms with Crippen LogP contribution in [0.4, 0.5) is 5.82 Å². The first kappa shape index (κ1) is 9.49. The molecule has 0 atom stereocenters. The highest BCUT2D eigenvalue weighted by molar-refractivity contribution is 5.34. The van der Waals surface area contributed by atoms with Gasteiger partial charge in [-0.25, -0.2) is 4.68 Å². The second-order valence-electron chi connectivity index (χ2n) is 4.01. The van der Waals surface area contributed by atoms with E-state index in [1.54, 1.807) is 0 Å². The number of nitrogen functional groups attached to an aromatic ring is 1. The van der Waals surface area contributed by atoms with Gasteiger partial charge < -0.3 is 5.73 Å². The maximum Gasteiger partial charge on any atom is 0.145 e. The van der Waals surface area contributed by atoms with Crippen molar-refractivity contribution in [3.8, 4) is 0 Å². The maximum absolute atomic E-state index is 5.98. The van der Waals surface area contributed by atoms with E-state index >= 15 is 0 Å². The Morgan fingerprint density at radius 3 is 2.64 bits per heavy atom. The summed E-state index contributed by atoms with van der Waals surface area (Å²) in [6.45, 7) is 2.06. The van der Waals surface area contributed by atoms with Crippen molar-refractivity contribution in [2.75, 3.05) is 5.73 Å². The van der Waals surface area contributed by atoms with E-state index in [-0.39, 0.29) is 0 Å². The topological polar surface area (TPSA) is 56.7 Å². The van der Waals surface area contributed by atoms with Crippen molar-refractivity contribution in [2.24, 2.45) is 0 Å². The third-order valence-electron chi connectivity index (χ3n) is 3.06. The van der Waals surface area contributed by atoms with E-state index in [0.29, 0.717) is 6.04 Å². The van der Waals surface area contributed by atoms with Gasteiger partial charge in [-0.15, -0.1) is 5.10 Å². The van der Waals surface area contributed by atoms with Gasteiger partial charge >= 0.3 is 0 Å². The molecule has 2 rings (SSSR count). The Kier molecular flexibility index (Phi) is 2.70. The molecule has 4 heteroatoms. The Balaban J connectivity index is 2.18. The Morgan fingerprint density at radius 2 is 2.07 bits per heavy atom. The van der Waals surface area contributed by atoms with Gasteiger partial charge in [0.1, 0.15) is 11.5 Å². The van der Waals surface area contributed by atoms with E-state index in [1.165, 1.54) is 32.1 Å². The van der Waals surface area contributed by atoms with Gasteiger partial charge in [0.15, 0.2) is 0 Å². The van der Waals surface area contributed by atoms with Gasteiger partial charge in [0, 0.05) is 0 Å². The Bertz CT molecular complexity index is 299. The second-order valence-corrected chi connectivity index (χ2v) is 4.01. The van der Waals surface area contributed by atoms with Crippen LogP contribution in [0.3, 0.4) is 0 Å². The largest absolute Gasteiger partial charge is 0.382 e. The van der Waals surface area contributed by atoms with Crippen molar-refractivity contribution in [1.82, 2.24) is 15.0 Å². The maximum atomic E-state index is 5.98. The van der Waals surface area contributed by atoms with Gasteiger partial charge in [-0.3, -0.25) is 0 Å². The number of hydrogen-bond acceptors (Lipinski definition) is 3. The first-order chi connectivity index (χ1) is 6.83. The summed E-state index contributed by atoms with van der Waals surface area (Å²) in [5.41, 5.74) is 6.92. The Labute approximate surface area is 84.5 Å². The van der Waals surface area contributed by atoms with Crippen molar-refractivity contribution >= 4 is 5.82 Å². The van der Waals surface area contributed by atoms with Crippen molar-refractivity contribution in [3.63, 3.8) is 0 Å². The highest BCUT2D eigenvalue weighted by Gasteiger charge is 2.19. The molecule has 1 aromatic heterocycles. The standard InChI is InChI=1S/C10H18N4/c1-2-9-10(11)14(13-12-9)8-6-4-3-5-7-8/h8H,2-7,11H2,1H3. The van der Waals surface area contributed by atoms with Crippen molar-refractivity contribution < 1.29 is 0 Å². The number of nitrogens with two attached hydrogens (primary N) is 1. The SMILES string of the molecule is CCc1nnn(C2CCCCC2)c1N. The molecule has 0 radical (unpaired) electrons. The molecule has 1 aliphatic rings. The molecule has 1 aromatic rings. The van der Waals surface area contributed by atoms with Gasteiger partial charge in [0.05, 0.1) is 6.04 Å². The molecule has 0 aromatic carbocycles. The average molecular weight is 194 g/mol. The first-order valence-electron chi connectivity index (χ1n) is 5.52. The van der Waals surface area contributed by atoms with Crippen LogP contribution in [-0.2, 0) is 6.42 Å². The highest BCUT2D eigenvalue weighted by atomic mass is 15.5. The summed E-state index contributed by atoms with van der Waals surface area (Å²) in [6.07, 6.45) is 7.23. The minimum absolute atomic E-state index is 0.497. The van der Waals surface area contributed by atoms with E-state index in [0.717, 1.165) is 17.9 Å². The van der Waals surface area contributed by atoms with Crippen LogP contribution in [0.5, 0.6) is 0 Å². The minimum atomic E-state index is 0.497.